The van der Waals surface area contributed by atoms with Gasteiger partial charge in [0.15, 0.2) is 10.8 Å². The molecule has 0 saturated carbocycles. The third-order valence-electron chi connectivity index (χ3n) is 5.60. The maximum Gasteiger partial charge on any atom is 0.350 e. The molecule has 1 fully saturated rings. The largest absolute Gasteiger partial charge is 0.463 e. The zero-order valence-electron chi connectivity index (χ0n) is 18.2. The van der Waals surface area contributed by atoms with Gasteiger partial charge in [-0.3, -0.25) is 9.36 Å². The van der Waals surface area contributed by atoms with Crippen LogP contribution in [0.15, 0.2) is 60.5 Å². The van der Waals surface area contributed by atoms with Crippen molar-refractivity contribution in [1.82, 2.24) is 19.5 Å². The van der Waals surface area contributed by atoms with E-state index in [9.17, 15) is 19.8 Å². The lowest BCUT2D eigenvalue weighted by molar-refractivity contribution is -0.147. The summed E-state index contributed by atoms with van der Waals surface area (Å²) in [6, 6.07) is 7.00. The van der Waals surface area contributed by atoms with Gasteiger partial charge in [-0.1, -0.05) is 15.9 Å². The minimum Gasteiger partial charge on any atom is -0.463 e. The number of hydrogen-bond acceptors (Lipinski definition) is 11. The lowest BCUT2D eigenvalue weighted by atomic mass is 10.0. The van der Waals surface area contributed by atoms with Crippen molar-refractivity contribution in [2.45, 2.75) is 35.4 Å². The van der Waals surface area contributed by atoms with Crippen LogP contribution in [0.2, 0.25) is 0 Å². The smallest absolute Gasteiger partial charge is 0.350 e. The lowest BCUT2D eigenvalue weighted by Crippen LogP contribution is -2.32. The monoisotopic (exact) mass is 562 g/mol. The second kappa shape index (κ2) is 9.66. The Hall–Kier alpha value is -2.84. The van der Waals surface area contributed by atoms with Crippen molar-refractivity contribution in [3.05, 3.63) is 51.7 Å². The molecule has 0 bridgehead atoms. The highest BCUT2D eigenvalue weighted by Crippen LogP contribution is 2.40. The van der Waals surface area contributed by atoms with Crippen LogP contribution in [-0.4, -0.2) is 61.1 Å². The number of carbonyl (C=O) groups is 1. The number of ether oxygens (including phenoxy) is 2. The second-order valence-corrected chi connectivity index (χ2v) is 9.81. The lowest BCUT2D eigenvalue weighted by Gasteiger charge is -2.21. The summed E-state index contributed by atoms with van der Waals surface area (Å²) >= 11 is 4.46. The fourth-order valence-electron chi connectivity index (χ4n) is 3.97. The summed E-state index contributed by atoms with van der Waals surface area (Å²) in [6.45, 7) is 0.658. The number of fused-ring (bicyclic) bond motifs is 2. The first-order valence-electron chi connectivity index (χ1n) is 10.5. The number of halogens is 1. The Morgan fingerprint density at radius 1 is 1.34 bits per heavy atom. The summed E-state index contributed by atoms with van der Waals surface area (Å²) in [5, 5.41) is 21.8. The summed E-state index contributed by atoms with van der Waals surface area (Å²) in [4.78, 5) is 37.1. The zero-order chi connectivity index (χ0) is 24.7. The summed E-state index contributed by atoms with van der Waals surface area (Å²) in [7, 11) is 0. The van der Waals surface area contributed by atoms with E-state index >= 15 is 0 Å². The van der Waals surface area contributed by atoms with Gasteiger partial charge in [0.25, 0.3) is 0 Å². The molecule has 2 N–H and O–H groups in total. The van der Waals surface area contributed by atoms with Crippen LogP contribution in [0.5, 0.6) is 0 Å². The molecule has 1 aliphatic heterocycles. The Kier molecular flexibility index (Phi) is 6.59. The Bertz CT molecular complexity index is 1480. The molecule has 5 rings (SSSR count). The number of aliphatic hydroxyl groups is 2. The average molecular weight is 563 g/mol. The minimum absolute atomic E-state index is 0.184. The maximum atomic E-state index is 12.7. The van der Waals surface area contributed by atoms with E-state index in [0.29, 0.717) is 27.3 Å². The molecule has 3 aromatic heterocycles. The average Bonchev–Trinajstić information content (AvgIpc) is 3.34. The van der Waals surface area contributed by atoms with E-state index in [2.05, 4.69) is 30.9 Å². The molecular formula is C22H19BrN4O7S. The summed E-state index contributed by atoms with van der Waals surface area (Å²) in [5.74, 6) is -1.29. The third-order valence-corrected chi connectivity index (χ3v) is 7.07. The Labute approximate surface area is 210 Å². The van der Waals surface area contributed by atoms with Gasteiger partial charge in [-0.25, -0.2) is 19.7 Å². The minimum atomic E-state index is -1.12. The van der Waals surface area contributed by atoms with Gasteiger partial charge in [0, 0.05) is 16.8 Å². The first-order valence-corrected chi connectivity index (χ1v) is 12.1. The Morgan fingerprint density at radius 2 is 2.17 bits per heavy atom. The van der Waals surface area contributed by atoms with Crippen molar-refractivity contribution < 1.29 is 28.9 Å². The number of rotatable bonds is 6. The van der Waals surface area contributed by atoms with Crippen LogP contribution in [0.1, 0.15) is 13.2 Å². The molecule has 1 saturated heterocycles. The summed E-state index contributed by atoms with van der Waals surface area (Å²) < 4.78 is 18.9. The van der Waals surface area contributed by atoms with Crippen LogP contribution in [0.25, 0.3) is 22.1 Å². The quantitative estimate of drug-likeness (QED) is 0.263. The molecule has 1 aromatic carbocycles. The molecule has 4 atom stereocenters. The molecule has 0 spiro atoms. The van der Waals surface area contributed by atoms with Crippen molar-refractivity contribution in [1.29, 1.82) is 0 Å². The van der Waals surface area contributed by atoms with Crippen molar-refractivity contribution in [3.63, 3.8) is 0 Å². The Morgan fingerprint density at radius 3 is 2.94 bits per heavy atom. The molecule has 4 heterocycles. The number of imidazole rings is 1. The molecule has 35 heavy (non-hydrogen) atoms. The topological polar surface area (TPSA) is 150 Å². The maximum absolute atomic E-state index is 12.7. The summed E-state index contributed by atoms with van der Waals surface area (Å²) in [6.07, 6.45) is -0.0454. The van der Waals surface area contributed by atoms with Gasteiger partial charge in [0.2, 0.25) is 0 Å². The van der Waals surface area contributed by atoms with Crippen LogP contribution in [0, 0.1) is 5.92 Å². The molecule has 11 nitrogen and oxygen atoms in total. The number of hydrogen-bond donors (Lipinski definition) is 2. The van der Waals surface area contributed by atoms with Crippen LogP contribution in [-0.2, 0) is 14.3 Å². The van der Waals surface area contributed by atoms with Gasteiger partial charge >= 0.3 is 11.6 Å². The van der Waals surface area contributed by atoms with Gasteiger partial charge in [-0.2, -0.15) is 0 Å². The highest BCUT2D eigenvalue weighted by atomic mass is 79.9. The molecular weight excluding hydrogens is 544 g/mol. The molecule has 0 unspecified atom stereocenters. The molecule has 4 aromatic rings. The highest BCUT2D eigenvalue weighted by Gasteiger charge is 2.46. The first kappa shape index (κ1) is 23.9. The van der Waals surface area contributed by atoms with Crippen molar-refractivity contribution in [3.8, 4) is 0 Å². The molecule has 1 aliphatic rings. The standard InChI is InChI=1S/C22H19BrN4O7S/c1-10(29)32-8-16-18(30)13(7-28)20(33-16)27-19-14(6-24-9-25-19)26-22(27)35-17-5-11-4-12(23)2-3-15(11)34-21(17)31/h2-6,9,13,16,18,20,28,30H,7-8H2,1H3/t13-,16-,18+,20-/m1/s1. The zero-order valence-corrected chi connectivity index (χ0v) is 20.6. The number of esters is 1. The predicted octanol–water partition coefficient (Wildman–Crippen LogP) is 2.28. The Balaban J connectivity index is 1.58. The number of aliphatic hydroxyl groups excluding tert-OH is 2. The first-order chi connectivity index (χ1) is 16.9. The van der Waals surface area contributed by atoms with E-state index in [4.69, 9.17) is 13.9 Å². The number of aromatic nitrogens is 4. The van der Waals surface area contributed by atoms with E-state index in [1.54, 1.807) is 22.8 Å². The van der Waals surface area contributed by atoms with Crippen LogP contribution in [0.3, 0.4) is 0 Å². The van der Waals surface area contributed by atoms with E-state index in [1.165, 1.54) is 19.4 Å². The van der Waals surface area contributed by atoms with Gasteiger partial charge < -0.3 is 24.1 Å². The van der Waals surface area contributed by atoms with E-state index in [-0.39, 0.29) is 11.5 Å². The second-order valence-electron chi connectivity index (χ2n) is 7.88. The number of nitrogens with zero attached hydrogens (tertiary/aromatic N) is 4. The van der Waals surface area contributed by atoms with Gasteiger partial charge in [-0.15, -0.1) is 0 Å². The van der Waals surface area contributed by atoms with Crippen molar-refractivity contribution >= 4 is 55.8 Å². The summed E-state index contributed by atoms with van der Waals surface area (Å²) in [5.41, 5.74) is 0.714. The molecule has 0 aliphatic carbocycles. The van der Waals surface area contributed by atoms with Gasteiger partial charge in [-0.05, 0) is 36.0 Å². The van der Waals surface area contributed by atoms with Crippen molar-refractivity contribution in [2.75, 3.05) is 13.2 Å². The van der Waals surface area contributed by atoms with E-state index in [0.717, 1.165) is 16.2 Å². The van der Waals surface area contributed by atoms with E-state index < -0.39 is 42.6 Å². The van der Waals surface area contributed by atoms with Crippen LogP contribution in [0.4, 0.5) is 0 Å². The predicted molar refractivity (Wildman–Crippen MR) is 127 cm³/mol. The van der Waals surface area contributed by atoms with Gasteiger partial charge in [0.05, 0.1) is 24.8 Å². The molecule has 0 amide bonds. The molecule has 13 heteroatoms. The highest BCUT2D eigenvalue weighted by molar-refractivity contribution is 9.10. The van der Waals surface area contributed by atoms with Crippen molar-refractivity contribution in [2.24, 2.45) is 5.92 Å². The van der Waals surface area contributed by atoms with E-state index in [1.807, 2.05) is 6.07 Å². The SMILES string of the molecule is CC(=O)OC[C@H]1O[C@@H](n2c(Sc3cc4cc(Br)ccc4oc3=O)nc3cncnc32)[C@H](CO)[C@@H]1O. The molecule has 182 valence electrons. The number of benzene rings is 1. The number of carbonyl (C=O) groups excluding carboxylic acids is 1. The fourth-order valence-corrected chi connectivity index (χ4v) is 5.29. The normalized spacial score (nSPS) is 22.2. The van der Waals surface area contributed by atoms with Gasteiger partial charge in [0.1, 0.15) is 41.3 Å². The van der Waals surface area contributed by atoms with Crippen LogP contribution >= 0.6 is 27.7 Å². The van der Waals surface area contributed by atoms with Crippen LogP contribution < -0.4 is 5.63 Å². The fraction of sp³-hybridized carbons (Fsp3) is 0.318. The molecule has 0 radical (unpaired) electrons. The third kappa shape index (κ3) is 4.57.